The van der Waals surface area contributed by atoms with E-state index in [0.717, 1.165) is 9.54 Å². The first-order valence-corrected chi connectivity index (χ1v) is 7.34. The third-order valence-electron chi connectivity index (χ3n) is 2.74. The predicted molar refractivity (Wildman–Crippen MR) is 73.7 cm³/mol. The molecule has 2 aromatic rings. The topological polar surface area (TPSA) is 101 Å². The molecule has 0 saturated heterocycles. The smallest absolute Gasteiger partial charge is 0.241 e. The summed E-state index contributed by atoms with van der Waals surface area (Å²) in [5, 5.41) is 3.39. The number of aryl methyl sites for hydroxylation is 1. The lowest BCUT2D eigenvalue weighted by molar-refractivity contribution is 0.587. The summed E-state index contributed by atoms with van der Waals surface area (Å²) in [5.74, 6) is 0. The molecule has 1 aromatic heterocycles. The average molecular weight is 291 g/mol. The Kier molecular flexibility index (Phi) is 4.07. The Morgan fingerprint density at radius 1 is 1.35 bits per heavy atom. The first kappa shape index (κ1) is 14.1. The number of azide groups is 1. The molecule has 0 atom stereocenters. The highest BCUT2D eigenvalue weighted by Crippen LogP contribution is 2.15. The van der Waals surface area contributed by atoms with E-state index in [9.17, 15) is 8.42 Å². The van der Waals surface area contributed by atoms with Crippen LogP contribution in [0.15, 0.2) is 46.8 Å². The van der Waals surface area contributed by atoms with Gasteiger partial charge in [-0.2, -0.15) is 0 Å². The predicted octanol–water partition coefficient (Wildman–Crippen LogP) is 2.28. The van der Waals surface area contributed by atoms with Gasteiger partial charge in [-0.15, -0.1) is 0 Å². The summed E-state index contributed by atoms with van der Waals surface area (Å²) in [7, 11) is -3.61. The zero-order valence-corrected chi connectivity index (χ0v) is 11.7. The molecule has 7 nitrogen and oxygen atoms in total. The summed E-state index contributed by atoms with van der Waals surface area (Å²) in [6.07, 6.45) is 3.09. The van der Waals surface area contributed by atoms with Crippen LogP contribution in [-0.4, -0.2) is 23.9 Å². The van der Waals surface area contributed by atoms with Crippen molar-refractivity contribution in [3.63, 3.8) is 0 Å². The molecule has 0 N–H and O–H groups in total. The minimum Gasteiger partial charge on any atom is -0.241 e. The number of benzene rings is 1. The van der Waals surface area contributed by atoms with Gasteiger partial charge in [0, 0.05) is 17.7 Å². The lowest BCUT2D eigenvalue weighted by atomic mass is 10.2. The maximum Gasteiger partial charge on any atom is 0.268 e. The minimum atomic E-state index is -3.61. The highest BCUT2D eigenvalue weighted by Gasteiger charge is 2.16. The van der Waals surface area contributed by atoms with E-state index in [1.54, 1.807) is 24.3 Å². The number of aromatic nitrogens is 2. The molecule has 0 fully saturated rings. The Bertz CT molecular complexity index is 742. The zero-order valence-electron chi connectivity index (χ0n) is 10.8. The van der Waals surface area contributed by atoms with Crippen molar-refractivity contribution in [3.8, 4) is 0 Å². The van der Waals surface area contributed by atoms with Crippen LogP contribution in [0, 0.1) is 6.92 Å². The summed E-state index contributed by atoms with van der Waals surface area (Å²) >= 11 is 0. The SMILES string of the molecule is Cc1ccc(S(=O)(=O)n2cnc(CCN=[N+]=[N-])c2)cc1. The van der Waals surface area contributed by atoms with Gasteiger partial charge in [0.2, 0.25) is 0 Å². The fourth-order valence-corrected chi connectivity index (χ4v) is 2.80. The van der Waals surface area contributed by atoms with Crippen molar-refractivity contribution in [1.82, 2.24) is 8.96 Å². The fourth-order valence-electron chi connectivity index (χ4n) is 1.65. The lowest BCUT2D eigenvalue weighted by Gasteiger charge is -2.04. The van der Waals surface area contributed by atoms with Crippen LogP contribution in [0.2, 0.25) is 0 Å². The molecule has 0 aliphatic heterocycles. The van der Waals surface area contributed by atoms with Crippen molar-refractivity contribution in [2.24, 2.45) is 5.11 Å². The van der Waals surface area contributed by atoms with E-state index in [4.69, 9.17) is 5.53 Å². The van der Waals surface area contributed by atoms with E-state index >= 15 is 0 Å². The molecule has 8 heteroatoms. The molecule has 104 valence electrons. The third kappa shape index (κ3) is 2.98. The van der Waals surface area contributed by atoms with Gasteiger partial charge in [-0.05, 0) is 31.0 Å². The second-order valence-electron chi connectivity index (χ2n) is 4.22. The van der Waals surface area contributed by atoms with Gasteiger partial charge in [0.15, 0.2) is 0 Å². The van der Waals surface area contributed by atoms with E-state index in [1.165, 1.54) is 12.5 Å². The van der Waals surface area contributed by atoms with E-state index in [2.05, 4.69) is 15.0 Å². The highest BCUT2D eigenvalue weighted by molar-refractivity contribution is 7.90. The van der Waals surface area contributed by atoms with Gasteiger partial charge in [-0.3, -0.25) is 0 Å². The number of hydrogen-bond donors (Lipinski definition) is 0. The third-order valence-corrected chi connectivity index (χ3v) is 4.36. The largest absolute Gasteiger partial charge is 0.268 e. The molecule has 0 bridgehead atoms. The summed E-state index contributed by atoms with van der Waals surface area (Å²) in [6, 6.07) is 6.60. The summed E-state index contributed by atoms with van der Waals surface area (Å²) < 4.78 is 25.7. The second-order valence-corrected chi connectivity index (χ2v) is 6.06. The number of imidazole rings is 1. The van der Waals surface area contributed by atoms with Crippen LogP contribution in [0.1, 0.15) is 11.3 Å². The van der Waals surface area contributed by atoms with Crippen LogP contribution < -0.4 is 0 Å². The molecule has 0 aliphatic carbocycles. The van der Waals surface area contributed by atoms with Gasteiger partial charge in [0.1, 0.15) is 6.33 Å². The summed E-state index contributed by atoms with van der Waals surface area (Å²) in [5.41, 5.74) is 9.74. The van der Waals surface area contributed by atoms with Crippen molar-refractivity contribution < 1.29 is 8.42 Å². The van der Waals surface area contributed by atoms with Crippen LogP contribution >= 0.6 is 0 Å². The van der Waals surface area contributed by atoms with Gasteiger partial charge >= 0.3 is 0 Å². The standard InChI is InChI=1S/C12H13N5O2S/c1-10-2-4-12(5-3-10)20(18,19)17-8-11(14-9-17)6-7-15-16-13/h2-5,8-9H,6-7H2,1H3. The maximum atomic E-state index is 12.3. The molecule has 0 saturated carbocycles. The number of hydrogen-bond acceptors (Lipinski definition) is 4. The molecule has 0 spiro atoms. The Morgan fingerprint density at radius 2 is 2.05 bits per heavy atom. The Balaban J connectivity index is 2.26. The Labute approximate surface area is 116 Å². The van der Waals surface area contributed by atoms with Gasteiger partial charge in [-0.1, -0.05) is 22.8 Å². The normalized spacial score (nSPS) is 11.1. The van der Waals surface area contributed by atoms with Gasteiger partial charge in [0.05, 0.1) is 10.6 Å². The van der Waals surface area contributed by atoms with Crippen molar-refractivity contribution in [2.45, 2.75) is 18.2 Å². The van der Waals surface area contributed by atoms with Crippen LogP contribution in [0.3, 0.4) is 0 Å². The molecule has 1 aromatic carbocycles. The van der Waals surface area contributed by atoms with E-state index in [-0.39, 0.29) is 11.4 Å². The lowest BCUT2D eigenvalue weighted by Crippen LogP contribution is -2.10. The molecular formula is C12H13N5O2S. The van der Waals surface area contributed by atoms with Crippen LogP contribution in [-0.2, 0) is 16.4 Å². The van der Waals surface area contributed by atoms with Crippen molar-refractivity contribution in [2.75, 3.05) is 6.54 Å². The fraction of sp³-hybridized carbons (Fsp3) is 0.250. The monoisotopic (exact) mass is 291 g/mol. The van der Waals surface area contributed by atoms with Crippen LogP contribution in [0.4, 0.5) is 0 Å². The quantitative estimate of drug-likeness (QED) is 0.479. The number of rotatable bonds is 5. The summed E-state index contributed by atoms with van der Waals surface area (Å²) in [6.45, 7) is 2.14. The zero-order chi connectivity index (χ0) is 14.6. The first-order chi connectivity index (χ1) is 9.54. The first-order valence-electron chi connectivity index (χ1n) is 5.90. The number of nitrogens with zero attached hydrogens (tertiary/aromatic N) is 5. The highest BCUT2D eigenvalue weighted by atomic mass is 32.2. The Hall–Kier alpha value is -2.31. The summed E-state index contributed by atoms with van der Waals surface area (Å²) in [4.78, 5) is 6.84. The van der Waals surface area contributed by atoms with Crippen molar-refractivity contribution in [3.05, 3.63) is 58.5 Å². The van der Waals surface area contributed by atoms with E-state index < -0.39 is 10.0 Å². The molecule has 0 aliphatic rings. The minimum absolute atomic E-state index is 0.210. The molecule has 2 rings (SSSR count). The molecule has 1 heterocycles. The van der Waals surface area contributed by atoms with E-state index in [0.29, 0.717) is 12.1 Å². The molecular weight excluding hydrogens is 278 g/mol. The van der Waals surface area contributed by atoms with Crippen LogP contribution in [0.25, 0.3) is 10.4 Å². The Morgan fingerprint density at radius 3 is 2.70 bits per heavy atom. The molecule has 20 heavy (non-hydrogen) atoms. The van der Waals surface area contributed by atoms with Gasteiger partial charge in [0.25, 0.3) is 10.0 Å². The van der Waals surface area contributed by atoms with Crippen molar-refractivity contribution in [1.29, 1.82) is 0 Å². The molecule has 0 radical (unpaired) electrons. The van der Waals surface area contributed by atoms with Crippen molar-refractivity contribution >= 4 is 10.0 Å². The van der Waals surface area contributed by atoms with Gasteiger partial charge < -0.3 is 0 Å². The average Bonchev–Trinajstić information content (AvgIpc) is 2.89. The molecule has 0 unspecified atom stereocenters. The van der Waals surface area contributed by atoms with Gasteiger partial charge in [-0.25, -0.2) is 17.4 Å². The van der Waals surface area contributed by atoms with E-state index in [1.807, 2.05) is 6.92 Å². The second kappa shape index (κ2) is 5.77. The van der Waals surface area contributed by atoms with Crippen LogP contribution in [0.5, 0.6) is 0 Å². The maximum absolute atomic E-state index is 12.3. The molecule has 0 amide bonds.